The third-order valence-electron chi connectivity index (χ3n) is 2.89. The van der Waals surface area contributed by atoms with Gasteiger partial charge in [0.05, 0.1) is 12.0 Å². The number of hydrogen-bond acceptors (Lipinski definition) is 2. The van der Waals surface area contributed by atoms with Crippen LogP contribution in [0.2, 0.25) is 5.15 Å². The summed E-state index contributed by atoms with van der Waals surface area (Å²) < 4.78 is 2.02. The number of rotatable bonds is 2. The molecule has 0 amide bonds. The standard InChI is InChI=1S/C10H16ClN3/c1-14-7-13-10(11)9(14)5-8-3-2-4-12-6-8/h7-8,12H,2-6H2,1H3. The Morgan fingerprint density at radius 1 is 1.71 bits per heavy atom. The molecule has 0 saturated carbocycles. The van der Waals surface area contributed by atoms with Crippen LogP contribution in [0.5, 0.6) is 0 Å². The number of nitrogens with zero attached hydrogens (tertiary/aromatic N) is 2. The molecule has 2 rings (SSSR count). The molecule has 1 N–H and O–H groups in total. The second-order valence-electron chi connectivity index (χ2n) is 4.01. The molecule has 1 aliphatic rings. The molecule has 1 fully saturated rings. The molecule has 78 valence electrons. The van der Waals surface area contributed by atoms with E-state index >= 15 is 0 Å². The predicted octanol–water partition coefficient (Wildman–Crippen LogP) is 1.62. The first-order chi connectivity index (χ1) is 6.77. The third-order valence-corrected chi connectivity index (χ3v) is 3.20. The Balaban J connectivity index is 2.02. The number of piperidine rings is 1. The van der Waals surface area contributed by atoms with E-state index in [1.807, 2.05) is 11.6 Å². The normalized spacial score (nSPS) is 22.6. The zero-order valence-electron chi connectivity index (χ0n) is 8.46. The highest BCUT2D eigenvalue weighted by atomic mass is 35.5. The van der Waals surface area contributed by atoms with Gasteiger partial charge in [-0.25, -0.2) is 4.98 Å². The molecule has 1 aromatic heterocycles. The topological polar surface area (TPSA) is 29.9 Å². The van der Waals surface area contributed by atoms with Gasteiger partial charge in [-0.3, -0.25) is 0 Å². The van der Waals surface area contributed by atoms with E-state index in [-0.39, 0.29) is 0 Å². The quantitative estimate of drug-likeness (QED) is 0.809. The lowest BCUT2D eigenvalue weighted by molar-refractivity contribution is 0.371. The van der Waals surface area contributed by atoms with Crippen LogP contribution < -0.4 is 5.32 Å². The molecular formula is C10H16ClN3. The first-order valence-electron chi connectivity index (χ1n) is 5.14. The van der Waals surface area contributed by atoms with E-state index in [9.17, 15) is 0 Å². The van der Waals surface area contributed by atoms with Crippen LogP contribution in [0, 0.1) is 5.92 Å². The van der Waals surface area contributed by atoms with Crippen LogP contribution in [0.1, 0.15) is 18.5 Å². The summed E-state index contributed by atoms with van der Waals surface area (Å²) in [4.78, 5) is 4.09. The Bertz CT molecular complexity index is 283. The molecule has 4 heteroatoms. The monoisotopic (exact) mass is 213 g/mol. The summed E-state index contributed by atoms with van der Waals surface area (Å²) in [6, 6.07) is 0. The van der Waals surface area contributed by atoms with Crippen molar-refractivity contribution in [3.63, 3.8) is 0 Å². The average Bonchev–Trinajstić information content (AvgIpc) is 2.51. The fourth-order valence-corrected chi connectivity index (χ4v) is 2.28. The van der Waals surface area contributed by atoms with Crippen molar-refractivity contribution in [2.45, 2.75) is 19.3 Å². The van der Waals surface area contributed by atoms with E-state index in [1.165, 1.54) is 18.5 Å². The third kappa shape index (κ3) is 2.10. The lowest BCUT2D eigenvalue weighted by Crippen LogP contribution is -2.31. The Kier molecular flexibility index (Phi) is 3.08. The summed E-state index contributed by atoms with van der Waals surface area (Å²) in [5.74, 6) is 0.719. The summed E-state index contributed by atoms with van der Waals surface area (Å²) in [6.45, 7) is 2.27. The molecule has 1 aliphatic heterocycles. The van der Waals surface area contributed by atoms with E-state index in [0.717, 1.165) is 25.4 Å². The van der Waals surface area contributed by atoms with E-state index in [4.69, 9.17) is 11.6 Å². The van der Waals surface area contributed by atoms with Crippen LogP contribution in [0.3, 0.4) is 0 Å². The summed E-state index contributed by atoms with van der Waals surface area (Å²) in [5, 5.41) is 4.08. The summed E-state index contributed by atoms with van der Waals surface area (Å²) in [7, 11) is 2.00. The lowest BCUT2D eigenvalue weighted by Gasteiger charge is -2.22. The summed E-state index contributed by atoms with van der Waals surface area (Å²) >= 11 is 6.01. The van der Waals surface area contributed by atoms with Crippen LogP contribution >= 0.6 is 11.6 Å². The second-order valence-corrected chi connectivity index (χ2v) is 4.37. The van der Waals surface area contributed by atoms with Gasteiger partial charge < -0.3 is 9.88 Å². The van der Waals surface area contributed by atoms with E-state index in [1.54, 1.807) is 6.33 Å². The minimum absolute atomic E-state index is 0.665. The summed E-state index contributed by atoms with van der Waals surface area (Å²) in [6.07, 6.45) is 5.41. The van der Waals surface area contributed by atoms with Crippen LogP contribution in [0.15, 0.2) is 6.33 Å². The highest BCUT2D eigenvalue weighted by molar-refractivity contribution is 6.30. The maximum absolute atomic E-state index is 6.01. The molecule has 1 saturated heterocycles. The second kappa shape index (κ2) is 4.32. The van der Waals surface area contributed by atoms with Gasteiger partial charge in [-0.2, -0.15) is 0 Å². The van der Waals surface area contributed by atoms with Gasteiger partial charge in [0.2, 0.25) is 0 Å². The number of nitrogens with one attached hydrogen (secondary N) is 1. The fraction of sp³-hybridized carbons (Fsp3) is 0.700. The number of imidazole rings is 1. The van der Waals surface area contributed by atoms with Gasteiger partial charge in [0.25, 0.3) is 0 Å². The number of hydrogen-bond donors (Lipinski definition) is 1. The van der Waals surface area contributed by atoms with Crippen molar-refractivity contribution in [2.24, 2.45) is 13.0 Å². The largest absolute Gasteiger partial charge is 0.336 e. The van der Waals surface area contributed by atoms with Crippen LogP contribution in [-0.4, -0.2) is 22.6 Å². The van der Waals surface area contributed by atoms with Crippen molar-refractivity contribution in [1.82, 2.24) is 14.9 Å². The molecule has 3 nitrogen and oxygen atoms in total. The Hall–Kier alpha value is -0.540. The van der Waals surface area contributed by atoms with Crippen LogP contribution in [0.25, 0.3) is 0 Å². The molecule has 1 unspecified atom stereocenters. The number of halogens is 1. The Morgan fingerprint density at radius 3 is 3.14 bits per heavy atom. The van der Waals surface area contributed by atoms with Crippen LogP contribution in [-0.2, 0) is 13.5 Å². The first-order valence-corrected chi connectivity index (χ1v) is 5.51. The minimum Gasteiger partial charge on any atom is -0.336 e. The average molecular weight is 214 g/mol. The number of aromatic nitrogens is 2. The van der Waals surface area contributed by atoms with Gasteiger partial charge in [0.1, 0.15) is 5.15 Å². The van der Waals surface area contributed by atoms with Crippen molar-refractivity contribution in [2.75, 3.05) is 13.1 Å². The lowest BCUT2D eigenvalue weighted by atomic mass is 9.95. The maximum atomic E-state index is 6.01. The van der Waals surface area contributed by atoms with Gasteiger partial charge in [-0.15, -0.1) is 0 Å². The van der Waals surface area contributed by atoms with Crippen molar-refractivity contribution in [3.05, 3.63) is 17.2 Å². The molecule has 0 spiro atoms. The van der Waals surface area contributed by atoms with Gasteiger partial charge in [-0.05, 0) is 38.3 Å². The first kappa shape index (κ1) is 9.99. The predicted molar refractivity (Wildman–Crippen MR) is 57.5 cm³/mol. The SMILES string of the molecule is Cn1cnc(Cl)c1CC1CCCNC1. The Morgan fingerprint density at radius 2 is 2.57 bits per heavy atom. The van der Waals surface area contributed by atoms with E-state index < -0.39 is 0 Å². The van der Waals surface area contributed by atoms with Crippen molar-refractivity contribution in [1.29, 1.82) is 0 Å². The molecule has 1 atom stereocenters. The van der Waals surface area contributed by atoms with Crippen molar-refractivity contribution < 1.29 is 0 Å². The minimum atomic E-state index is 0.665. The molecule has 0 aromatic carbocycles. The molecule has 1 aromatic rings. The molecular weight excluding hydrogens is 198 g/mol. The zero-order chi connectivity index (χ0) is 9.97. The molecule has 2 heterocycles. The molecule has 0 aliphatic carbocycles. The molecule has 0 bridgehead atoms. The highest BCUT2D eigenvalue weighted by Gasteiger charge is 2.17. The van der Waals surface area contributed by atoms with Gasteiger partial charge in [0, 0.05) is 7.05 Å². The van der Waals surface area contributed by atoms with Gasteiger partial charge in [-0.1, -0.05) is 11.6 Å². The summed E-state index contributed by atoms with van der Waals surface area (Å²) in [5.41, 5.74) is 1.17. The van der Waals surface area contributed by atoms with E-state index in [0.29, 0.717) is 5.15 Å². The number of aryl methyl sites for hydroxylation is 1. The molecule has 0 radical (unpaired) electrons. The van der Waals surface area contributed by atoms with Crippen LogP contribution in [0.4, 0.5) is 0 Å². The van der Waals surface area contributed by atoms with Crippen molar-refractivity contribution in [3.8, 4) is 0 Å². The highest BCUT2D eigenvalue weighted by Crippen LogP contribution is 2.20. The molecule has 14 heavy (non-hydrogen) atoms. The van der Waals surface area contributed by atoms with E-state index in [2.05, 4.69) is 10.3 Å². The Labute approximate surface area is 89.5 Å². The van der Waals surface area contributed by atoms with Crippen molar-refractivity contribution >= 4 is 11.6 Å². The maximum Gasteiger partial charge on any atom is 0.150 e. The fourth-order valence-electron chi connectivity index (χ4n) is 2.03. The van der Waals surface area contributed by atoms with Gasteiger partial charge in [0.15, 0.2) is 0 Å². The van der Waals surface area contributed by atoms with Gasteiger partial charge >= 0.3 is 0 Å². The zero-order valence-corrected chi connectivity index (χ0v) is 9.22. The smallest absolute Gasteiger partial charge is 0.150 e.